The summed E-state index contributed by atoms with van der Waals surface area (Å²) >= 11 is 0. The van der Waals surface area contributed by atoms with Crippen molar-refractivity contribution in [1.29, 1.82) is 0 Å². The van der Waals surface area contributed by atoms with Crippen molar-refractivity contribution in [2.24, 2.45) is 5.73 Å². The van der Waals surface area contributed by atoms with Gasteiger partial charge in [0.25, 0.3) is 5.91 Å². The van der Waals surface area contributed by atoms with Crippen molar-refractivity contribution in [3.8, 4) is 0 Å². The van der Waals surface area contributed by atoms with E-state index >= 15 is 0 Å². The molecule has 0 atom stereocenters. The summed E-state index contributed by atoms with van der Waals surface area (Å²) in [6.45, 7) is 3.62. The predicted molar refractivity (Wildman–Crippen MR) is 58.7 cm³/mol. The molecule has 17 heavy (non-hydrogen) atoms. The third-order valence-electron chi connectivity index (χ3n) is 2.06. The Kier molecular flexibility index (Phi) is 3.65. The molecule has 3 N–H and O–H groups in total. The van der Waals surface area contributed by atoms with Crippen LogP contribution in [0.15, 0.2) is 18.2 Å². The second-order valence-corrected chi connectivity index (χ2v) is 3.92. The number of nitrogens with one attached hydrogen (secondary N) is 1. The maximum Gasteiger partial charge on any atom is 0.416 e. The first-order valence-corrected chi connectivity index (χ1v) is 4.99. The van der Waals surface area contributed by atoms with Crippen LogP contribution in [0.5, 0.6) is 0 Å². The fourth-order valence-corrected chi connectivity index (χ4v) is 1.36. The molecule has 0 aromatic heterocycles. The highest BCUT2D eigenvalue weighted by atomic mass is 19.4. The van der Waals surface area contributed by atoms with Crippen LogP contribution in [-0.4, -0.2) is 11.9 Å². The van der Waals surface area contributed by atoms with E-state index in [0.717, 1.165) is 12.1 Å². The van der Waals surface area contributed by atoms with E-state index in [-0.39, 0.29) is 11.6 Å². The lowest BCUT2D eigenvalue weighted by atomic mass is 10.1. The molecule has 1 rings (SSSR count). The summed E-state index contributed by atoms with van der Waals surface area (Å²) in [5, 5.41) is 2.87. The van der Waals surface area contributed by atoms with Gasteiger partial charge in [0.15, 0.2) is 0 Å². The van der Waals surface area contributed by atoms with Crippen molar-refractivity contribution in [3.63, 3.8) is 0 Å². The highest BCUT2D eigenvalue weighted by Gasteiger charge is 2.31. The smallest absolute Gasteiger partial charge is 0.382 e. The van der Waals surface area contributed by atoms with Gasteiger partial charge in [-0.15, -0.1) is 0 Å². The molecular formula is C11H13F3N2O. The van der Waals surface area contributed by atoms with Crippen molar-refractivity contribution in [1.82, 2.24) is 0 Å². The molecule has 0 aliphatic carbocycles. The Balaban J connectivity index is 3.22. The largest absolute Gasteiger partial charge is 0.416 e. The van der Waals surface area contributed by atoms with E-state index in [2.05, 4.69) is 5.32 Å². The summed E-state index contributed by atoms with van der Waals surface area (Å²) in [5.74, 6) is -0.890. The summed E-state index contributed by atoms with van der Waals surface area (Å²) in [6.07, 6.45) is -4.49. The summed E-state index contributed by atoms with van der Waals surface area (Å²) in [4.78, 5) is 11.1. The summed E-state index contributed by atoms with van der Waals surface area (Å²) in [7, 11) is 0. The van der Waals surface area contributed by atoms with Gasteiger partial charge in [0.2, 0.25) is 0 Å². The topological polar surface area (TPSA) is 55.1 Å². The van der Waals surface area contributed by atoms with E-state index in [1.807, 2.05) is 13.8 Å². The summed E-state index contributed by atoms with van der Waals surface area (Å²) in [6, 6.07) is 2.87. The molecule has 0 aliphatic rings. The number of halogens is 3. The molecule has 3 nitrogen and oxygen atoms in total. The summed E-state index contributed by atoms with van der Waals surface area (Å²) < 4.78 is 37.4. The Hall–Kier alpha value is -1.72. The van der Waals surface area contributed by atoms with Crippen LogP contribution in [0.2, 0.25) is 0 Å². The van der Waals surface area contributed by atoms with Crippen LogP contribution in [0.3, 0.4) is 0 Å². The van der Waals surface area contributed by atoms with Gasteiger partial charge in [-0.3, -0.25) is 4.79 Å². The molecule has 0 fully saturated rings. The number of amides is 1. The van der Waals surface area contributed by atoms with Crippen LogP contribution >= 0.6 is 0 Å². The number of nitrogens with two attached hydrogens (primary N) is 1. The number of carbonyl (C=O) groups excluding carboxylic acids is 1. The van der Waals surface area contributed by atoms with Crippen LogP contribution in [0.25, 0.3) is 0 Å². The normalized spacial score (nSPS) is 11.6. The number of carbonyl (C=O) groups is 1. The minimum absolute atomic E-state index is 0.00941. The average Bonchev–Trinajstić information content (AvgIpc) is 2.15. The SMILES string of the molecule is CC(C)Nc1ccc(C(F)(F)F)cc1C(N)=O. The molecule has 0 heterocycles. The lowest BCUT2D eigenvalue weighted by molar-refractivity contribution is -0.137. The Morgan fingerprint density at radius 3 is 2.35 bits per heavy atom. The fraction of sp³-hybridized carbons (Fsp3) is 0.364. The molecule has 0 aliphatic heterocycles. The van der Waals surface area contributed by atoms with Crippen LogP contribution in [0, 0.1) is 0 Å². The number of rotatable bonds is 3. The van der Waals surface area contributed by atoms with Gasteiger partial charge in [-0.05, 0) is 32.0 Å². The zero-order chi connectivity index (χ0) is 13.2. The lowest BCUT2D eigenvalue weighted by Crippen LogP contribution is -2.19. The van der Waals surface area contributed by atoms with Crippen molar-refractivity contribution in [2.75, 3.05) is 5.32 Å². The van der Waals surface area contributed by atoms with Crippen LogP contribution < -0.4 is 11.1 Å². The Labute approximate surface area is 96.8 Å². The molecular weight excluding hydrogens is 233 g/mol. The van der Waals surface area contributed by atoms with E-state index in [9.17, 15) is 18.0 Å². The van der Waals surface area contributed by atoms with E-state index in [1.165, 1.54) is 6.07 Å². The lowest BCUT2D eigenvalue weighted by Gasteiger charge is -2.15. The minimum Gasteiger partial charge on any atom is -0.382 e. The average molecular weight is 246 g/mol. The minimum atomic E-state index is -4.49. The molecule has 1 aromatic rings. The number of alkyl halides is 3. The molecule has 6 heteroatoms. The molecule has 0 unspecified atom stereocenters. The zero-order valence-electron chi connectivity index (χ0n) is 9.43. The van der Waals surface area contributed by atoms with E-state index in [4.69, 9.17) is 5.73 Å². The van der Waals surface area contributed by atoms with Gasteiger partial charge in [0.05, 0.1) is 11.1 Å². The molecule has 0 bridgehead atoms. The zero-order valence-corrected chi connectivity index (χ0v) is 9.43. The number of benzene rings is 1. The maximum atomic E-state index is 12.5. The van der Waals surface area contributed by atoms with E-state index < -0.39 is 17.6 Å². The van der Waals surface area contributed by atoms with Gasteiger partial charge in [-0.25, -0.2) is 0 Å². The second-order valence-electron chi connectivity index (χ2n) is 3.92. The Morgan fingerprint density at radius 2 is 1.94 bits per heavy atom. The van der Waals surface area contributed by atoms with Crippen LogP contribution in [0.4, 0.5) is 18.9 Å². The van der Waals surface area contributed by atoms with Gasteiger partial charge in [-0.2, -0.15) is 13.2 Å². The molecule has 0 spiro atoms. The first-order chi connectivity index (χ1) is 7.71. The monoisotopic (exact) mass is 246 g/mol. The Morgan fingerprint density at radius 1 is 1.35 bits per heavy atom. The van der Waals surface area contributed by atoms with Gasteiger partial charge in [-0.1, -0.05) is 0 Å². The highest BCUT2D eigenvalue weighted by molar-refractivity contribution is 5.98. The number of hydrogen-bond acceptors (Lipinski definition) is 2. The molecule has 94 valence electrons. The Bertz CT molecular complexity index is 427. The third kappa shape index (κ3) is 3.37. The van der Waals surface area contributed by atoms with Crippen molar-refractivity contribution >= 4 is 11.6 Å². The van der Waals surface area contributed by atoms with Gasteiger partial charge >= 0.3 is 6.18 Å². The quantitative estimate of drug-likeness (QED) is 0.861. The molecule has 1 amide bonds. The predicted octanol–water partition coefficient (Wildman–Crippen LogP) is 2.62. The van der Waals surface area contributed by atoms with Crippen LogP contribution in [0.1, 0.15) is 29.8 Å². The van der Waals surface area contributed by atoms with Gasteiger partial charge in [0, 0.05) is 11.7 Å². The van der Waals surface area contributed by atoms with E-state index in [0.29, 0.717) is 5.69 Å². The second kappa shape index (κ2) is 4.65. The maximum absolute atomic E-state index is 12.5. The van der Waals surface area contributed by atoms with Crippen LogP contribution in [-0.2, 0) is 6.18 Å². The number of hydrogen-bond donors (Lipinski definition) is 2. The molecule has 0 saturated heterocycles. The molecule has 1 aromatic carbocycles. The number of anilines is 1. The molecule has 0 radical (unpaired) electrons. The van der Waals surface area contributed by atoms with Gasteiger partial charge < -0.3 is 11.1 Å². The third-order valence-corrected chi connectivity index (χ3v) is 2.06. The van der Waals surface area contributed by atoms with Crippen molar-refractivity contribution in [2.45, 2.75) is 26.1 Å². The standard InChI is InChI=1S/C11H13F3N2O/c1-6(2)16-9-4-3-7(11(12,13)14)5-8(9)10(15)17/h3-6,16H,1-2H3,(H2,15,17). The van der Waals surface area contributed by atoms with Crippen molar-refractivity contribution < 1.29 is 18.0 Å². The first kappa shape index (κ1) is 13.3. The fourth-order valence-electron chi connectivity index (χ4n) is 1.36. The van der Waals surface area contributed by atoms with Crippen molar-refractivity contribution in [3.05, 3.63) is 29.3 Å². The van der Waals surface area contributed by atoms with Gasteiger partial charge in [0.1, 0.15) is 0 Å². The summed E-state index contributed by atoms with van der Waals surface area (Å²) in [5.41, 5.74) is 4.32. The number of primary amides is 1. The molecule has 0 saturated carbocycles. The van der Waals surface area contributed by atoms with E-state index in [1.54, 1.807) is 0 Å². The highest BCUT2D eigenvalue weighted by Crippen LogP contribution is 2.31. The first-order valence-electron chi connectivity index (χ1n) is 4.99.